The molecule has 4 nitrogen and oxygen atoms in total. The van der Waals surface area contributed by atoms with Crippen molar-refractivity contribution in [1.29, 1.82) is 0 Å². The van der Waals surface area contributed by atoms with Gasteiger partial charge in [0, 0.05) is 5.69 Å². The standard InChI is InChI=1S/C14H14N2O2/c1-10-6-5-9-12(17)13(10)16-14(18)15-11-7-3-2-4-8-11/h2-9,17H,1H3,(H2,15,16,18). The molecule has 0 spiro atoms. The van der Waals surface area contributed by atoms with E-state index < -0.39 is 0 Å². The van der Waals surface area contributed by atoms with Gasteiger partial charge in [0.2, 0.25) is 0 Å². The van der Waals surface area contributed by atoms with Crippen molar-refractivity contribution in [3.05, 3.63) is 54.1 Å². The molecule has 0 unspecified atom stereocenters. The normalized spacial score (nSPS) is 9.83. The van der Waals surface area contributed by atoms with Crippen LogP contribution in [0.25, 0.3) is 0 Å². The molecular weight excluding hydrogens is 228 g/mol. The van der Waals surface area contributed by atoms with Crippen molar-refractivity contribution < 1.29 is 9.90 Å². The van der Waals surface area contributed by atoms with E-state index in [2.05, 4.69) is 10.6 Å². The highest BCUT2D eigenvalue weighted by atomic mass is 16.3. The zero-order valence-corrected chi connectivity index (χ0v) is 9.97. The summed E-state index contributed by atoms with van der Waals surface area (Å²) in [5.41, 5.74) is 1.92. The number of aromatic hydroxyl groups is 1. The largest absolute Gasteiger partial charge is 0.506 e. The number of nitrogens with one attached hydrogen (secondary N) is 2. The van der Waals surface area contributed by atoms with Crippen LogP contribution in [-0.2, 0) is 0 Å². The average molecular weight is 242 g/mol. The van der Waals surface area contributed by atoms with E-state index in [4.69, 9.17) is 0 Å². The van der Waals surface area contributed by atoms with Crippen molar-refractivity contribution in [3.8, 4) is 5.75 Å². The average Bonchev–Trinajstić information content (AvgIpc) is 2.35. The first kappa shape index (κ1) is 12.0. The van der Waals surface area contributed by atoms with Gasteiger partial charge in [-0.05, 0) is 30.7 Å². The Balaban J connectivity index is 2.08. The first-order valence-corrected chi connectivity index (χ1v) is 5.58. The zero-order valence-electron chi connectivity index (χ0n) is 9.97. The first-order chi connectivity index (χ1) is 8.66. The molecule has 0 aliphatic carbocycles. The number of hydrogen-bond acceptors (Lipinski definition) is 2. The summed E-state index contributed by atoms with van der Waals surface area (Å²) in [4.78, 5) is 11.8. The van der Waals surface area contributed by atoms with Gasteiger partial charge in [-0.2, -0.15) is 0 Å². The summed E-state index contributed by atoms with van der Waals surface area (Å²) in [6.45, 7) is 1.82. The molecular formula is C14H14N2O2. The van der Waals surface area contributed by atoms with Crippen LogP contribution in [0.1, 0.15) is 5.56 Å². The number of rotatable bonds is 2. The Hall–Kier alpha value is -2.49. The molecule has 18 heavy (non-hydrogen) atoms. The second-order valence-electron chi connectivity index (χ2n) is 3.91. The van der Waals surface area contributed by atoms with Crippen LogP contribution >= 0.6 is 0 Å². The number of phenolic OH excluding ortho intramolecular Hbond substituents is 1. The predicted molar refractivity (Wildman–Crippen MR) is 71.9 cm³/mol. The molecule has 0 radical (unpaired) electrons. The molecule has 2 amide bonds. The molecule has 0 heterocycles. The summed E-state index contributed by atoms with van der Waals surface area (Å²) >= 11 is 0. The molecule has 0 aromatic heterocycles. The van der Waals surface area contributed by atoms with E-state index >= 15 is 0 Å². The van der Waals surface area contributed by atoms with Gasteiger partial charge in [-0.15, -0.1) is 0 Å². The molecule has 0 saturated heterocycles. The van der Waals surface area contributed by atoms with Crippen LogP contribution in [0.2, 0.25) is 0 Å². The maximum absolute atomic E-state index is 11.8. The van der Waals surface area contributed by atoms with Crippen LogP contribution in [0.4, 0.5) is 16.2 Å². The van der Waals surface area contributed by atoms with E-state index in [1.807, 2.05) is 31.2 Å². The van der Waals surface area contributed by atoms with Crippen LogP contribution < -0.4 is 10.6 Å². The minimum atomic E-state index is -0.384. The molecule has 2 aromatic rings. The van der Waals surface area contributed by atoms with Crippen LogP contribution in [0.3, 0.4) is 0 Å². The van der Waals surface area contributed by atoms with Crippen LogP contribution in [0, 0.1) is 6.92 Å². The molecule has 2 aromatic carbocycles. The van der Waals surface area contributed by atoms with Gasteiger partial charge >= 0.3 is 6.03 Å². The lowest BCUT2D eigenvalue weighted by Gasteiger charge is -2.11. The lowest BCUT2D eigenvalue weighted by Crippen LogP contribution is -2.19. The van der Waals surface area contributed by atoms with Gasteiger partial charge in [0.25, 0.3) is 0 Å². The highest BCUT2D eigenvalue weighted by Gasteiger charge is 2.08. The Morgan fingerprint density at radius 1 is 1.00 bits per heavy atom. The predicted octanol–water partition coefficient (Wildman–Crippen LogP) is 3.34. The van der Waals surface area contributed by atoms with E-state index in [0.29, 0.717) is 11.4 Å². The van der Waals surface area contributed by atoms with E-state index in [1.54, 1.807) is 18.2 Å². The van der Waals surface area contributed by atoms with Crippen molar-refractivity contribution in [2.75, 3.05) is 10.6 Å². The quantitative estimate of drug-likeness (QED) is 0.707. The molecule has 0 atom stereocenters. The zero-order chi connectivity index (χ0) is 13.0. The van der Waals surface area contributed by atoms with Gasteiger partial charge in [-0.25, -0.2) is 4.79 Å². The van der Waals surface area contributed by atoms with Crippen molar-refractivity contribution in [2.24, 2.45) is 0 Å². The number of carbonyl (C=O) groups excluding carboxylic acids is 1. The van der Waals surface area contributed by atoms with E-state index in [9.17, 15) is 9.90 Å². The Labute approximate surface area is 105 Å². The number of para-hydroxylation sites is 2. The van der Waals surface area contributed by atoms with Crippen molar-refractivity contribution >= 4 is 17.4 Å². The summed E-state index contributed by atoms with van der Waals surface area (Å²) in [7, 11) is 0. The maximum atomic E-state index is 11.8. The third-order valence-electron chi connectivity index (χ3n) is 2.52. The van der Waals surface area contributed by atoms with E-state index in [-0.39, 0.29) is 11.8 Å². The molecule has 0 saturated carbocycles. The second kappa shape index (κ2) is 5.23. The van der Waals surface area contributed by atoms with Crippen molar-refractivity contribution in [1.82, 2.24) is 0 Å². The summed E-state index contributed by atoms with van der Waals surface area (Å²) in [5.74, 6) is 0.0539. The highest BCUT2D eigenvalue weighted by Crippen LogP contribution is 2.26. The summed E-state index contributed by atoms with van der Waals surface area (Å²) in [6, 6.07) is 13.8. The Kier molecular flexibility index (Phi) is 3.48. The minimum Gasteiger partial charge on any atom is -0.506 e. The number of carbonyl (C=O) groups is 1. The molecule has 0 aliphatic rings. The minimum absolute atomic E-state index is 0.0539. The lowest BCUT2D eigenvalue weighted by atomic mass is 10.2. The monoisotopic (exact) mass is 242 g/mol. The topological polar surface area (TPSA) is 61.4 Å². The molecule has 4 heteroatoms. The molecule has 0 bridgehead atoms. The second-order valence-corrected chi connectivity index (χ2v) is 3.91. The maximum Gasteiger partial charge on any atom is 0.323 e. The van der Waals surface area contributed by atoms with Crippen molar-refractivity contribution in [2.45, 2.75) is 6.92 Å². The van der Waals surface area contributed by atoms with Gasteiger partial charge in [0.15, 0.2) is 0 Å². The summed E-state index contributed by atoms with van der Waals surface area (Å²) < 4.78 is 0. The third-order valence-corrected chi connectivity index (χ3v) is 2.52. The molecule has 0 fully saturated rings. The van der Waals surface area contributed by atoms with Crippen LogP contribution in [0.15, 0.2) is 48.5 Å². The Bertz CT molecular complexity index is 533. The van der Waals surface area contributed by atoms with Gasteiger partial charge in [0.1, 0.15) is 5.75 Å². The number of amides is 2. The van der Waals surface area contributed by atoms with Crippen LogP contribution in [0.5, 0.6) is 5.75 Å². The van der Waals surface area contributed by atoms with Crippen molar-refractivity contribution in [3.63, 3.8) is 0 Å². The van der Waals surface area contributed by atoms with Gasteiger partial charge in [0.05, 0.1) is 5.69 Å². The number of phenols is 1. The van der Waals surface area contributed by atoms with Gasteiger partial charge < -0.3 is 15.7 Å². The number of urea groups is 1. The SMILES string of the molecule is Cc1cccc(O)c1NC(=O)Nc1ccccc1. The fourth-order valence-electron chi connectivity index (χ4n) is 1.61. The lowest BCUT2D eigenvalue weighted by molar-refractivity contribution is 0.262. The van der Waals surface area contributed by atoms with Gasteiger partial charge in [-0.3, -0.25) is 0 Å². The first-order valence-electron chi connectivity index (χ1n) is 5.58. The number of anilines is 2. The van der Waals surface area contributed by atoms with Gasteiger partial charge in [-0.1, -0.05) is 30.3 Å². The van der Waals surface area contributed by atoms with E-state index in [0.717, 1.165) is 5.56 Å². The molecule has 92 valence electrons. The Morgan fingerprint density at radius 2 is 1.72 bits per heavy atom. The Morgan fingerprint density at radius 3 is 2.39 bits per heavy atom. The molecule has 3 N–H and O–H groups in total. The summed E-state index contributed by atoms with van der Waals surface area (Å²) in [5, 5.41) is 15.0. The number of aryl methyl sites for hydroxylation is 1. The number of hydrogen-bond donors (Lipinski definition) is 3. The summed E-state index contributed by atoms with van der Waals surface area (Å²) in [6.07, 6.45) is 0. The fourth-order valence-corrected chi connectivity index (χ4v) is 1.61. The third kappa shape index (κ3) is 2.79. The number of benzene rings is 2. The van der Waals surface area contributed by atoms with Crippen LogP contribution in [-0.4, -0.2) is 11.1 Å². The fraction of sp³-hybridized carbons (Fsp3) is 0.0714. The smallest absolute Gasteiger partial charge is 0.323 e. The molecule has 2 rings (SSSR count). The molecule has 0 aliphatic heterocycles. The van der Waals surface area contributed by atoms with E-state index in [1.165, 1.54) is 6.07 Å². The highest BCUT2D eigenvalue weighted by molar-refractivity contribution is 6.01.